The minimum absolute atomic E-state index is 0.0248. The van der Waals surface area contributed by atoms with Gasteiger partial charge in [0.05, 0.1) is 17.1 Å². The Morgan fingerprint density at radius 1 is 1.45 bits per heavy atom. The number of nitrogens with zero attached hydrogens (tertiary/aromatic N) is 2. The van der Waals surface area contributed by atoms with Crippen molar-refractivity contribution in [3.63, 3.8) is 0 Å². The van der Waals surface area contributed by atoms with Gasteiger partial charge in [0.2, 0.25) is 0 Å². The van der Waals surface area contributed by atoms with Gasteiger partial charge in [0.1, 0.15) is 11.6 Å². The Balaban J connectivity index is 1.75. The summed E-state index contributed by atoms with van der Waals surface area (Å²) in [5.74, 6) is 1.76. The molecule has 1 aromatic rings. The van der Waals surface area contributed by atoms with Crippen LogP contribution in [0.1, 0.15) is 19.3 Å². The molecule has 1 saturated carbocycles. The van der Waals surface area contributed by atoms with E-state index in [-0.39, 0.29) is 5.69 Å². The quantitative estimate of drug-likeness (QED) is 0.410. The number of rotatable bonds is 9. The third-order valence-electron chi connectivity index (χ3n) is 3.10. The number of hydrogen-bond donors (Lipinski definition) is 2. The van der Waals surface area contributed by atoms with E-state index in [0.29, 0.717) is 24.8 Å². The molecule has 1 heterocycles. The smallest absolute Gasteiger partial charge is 0.276 e. The summed E-state index contributed by atoms with van der Waals surface area (Å²) >= 11 is 0. The molecular weight excluding hydrogens is 260 g/mol. The largest absolute Gasteiger partial charge is 0.381 e. The Kier molecular flexibility index (Phi) is 5.11. The zero-order valence-corrected chi connectivity index (χ0v) is 11.6. The fourth-order valence-electron chi connectivity index (χ4n) is 1.77. The van der Waals surface area contributed by atoms with Gasteiger partial charge >= 0.3 is 0 Å². The summed E-state index contributed by atoms with van der Waals surface area (Å²) in [6.07, 6.45) is 3.44. The minimum Gasteiger partial charge on any atom is -0.381 e. The number of ether oxygens (including phenoxy) is 1. The Hall–Kier alpha value is -1.89. The molecule has 2 N–H and O–H groups in total. The summed E-state index contributed by atoms with van der Waals surface area (Å²) in [5, 5.41) is 16.7. The first-order chi connectivity index (χ1) is 9.69. The Morgan fingerprint density at radius 2 is 2.20 bits per heavy atom. The summed E-state index contributed by atoms with van der Waals surface area (Å²) < 4.78 is 5.52. The highest BCUT2D eigenvalue weighted by Crippen LogP contribution is 2.28. The van der Waals surface area contributed by atoms with E-state index in [1.54, 1.807) is 7.05 Å². The maximum Gasteiger partial charge on any atom is 0.276 e. The highest BCUT2D eigenvalue weighted by molar-refractivity contribution is 5.54. The first-order valence-corrected chi connectivity index (χ1v) is 6.85. The Bertz CT molecular complexity index is 463. The topological polar surface area (TPSA) is 89.3 Å². The van der Waals surface area contributed by atoms with Crippen molar-refractivity contribution in [2.24, 2.45) is 5.92 Å². The van der Waals surface area contributed by atoms with Gasteiger partial charge in [-0.15, -0.1) is 0 Å². The lowest BCUT2D eigenvalue weighted by molar-refractivity contribution is -0.384. The highest BCUT2D eigenvalue weighted by atomic mass is 16.6. The maximum atomic E-state index is 10.8. The first kappa shape index (κ1) is 14.5. The summed E-state index contributed by atoms with van der Waals surface area (Å²) in [7, 11) is 1.68. The fourth-order valence-corrected chi connectivity index (χ4v) is 1.77. The van der Waals surface area contributed by atoms with Crippen LogP contribution in [0.2, 0.25) is 0 Å². The van der Waals surface area contributed by atoms with E-state index in [0.717, 1.165) is 18.9 Å². The van der Waals surface area contributed by atoms with Gasteiger partial charge in [-0.2, -0.15) is 0 Å². The molecule has 0 spiro atoms. The highest BCUT2D eigenvalue weighted by Gasteiger charge is 2.20. The molecule has 0 bridgehead atoms. The lowest BCUT2D eigenvalue weighted by atomic mass is 10.3. The van der Waals surface area contributed by atoms with Crippen LogP contribution in [-0.2, 0) is 4.74 Å². The van der Waals surface area contributed by atoms with Crippen molar-refractivity contribution in [3.05, 3.63) is 22.2 Å². The van der Waals surface area contributed by atoms with E-state index < -0.39 is 4.92 Å². The number of anilines is 2. The van der Waals surface area contributed by atoms with E-state index >= 15 is 0 Å². The van der Waals surface area contributed by atoms with Crippen molar-refractivity contribution < 1.29 is 9.66 Å². The van der Waals surface area contributed by atoms with Crippen molar-refractivity contribution in [2.45, 2.75) is 19.3 Å². The molecule has 1 aliphatic rings. The predicted molar refractivity (Wildman–Crippen MR) is 77.1 cm³/mol. The molecule has 1 fully saturated rings. The van der Waals surface area contributed by atoms with Gasteiger partial charge < -0.3 is 15.4 Å². The molecule has 0 unspecified atom stereocenters. The summed E-state index contributed by atoms with van der Waals surface area (Å²) in [5.41, 5.74) is 0.0248. The minimum atomic E-state index is -0.424. The molecule has 0 amide bonds. The molecular formula is C13H20N4O3. The van der Waals surface area contributed by atoms with Crippen LogP contribution in [-0.4, -0.2) is 36.7 Å². The van der Waals surface area contributed by atoms with E-state index in [1.165, 1.54) is 25.0 Å². The fraction of sp³-hybridized carbons (Fsp3) is 0.615. The molecule has 0 radical (unpaired) electrons. The molecule has 0 aliphatic heterocycles. The second-order valence-electron chi connectivity index (χ2n) is 4.90. The van der Waals surface area contributed by atoms with E-state index in [1.807, 2.05) is 0 Å². The summed E-state index contributed by atoms with van der Waals surface area (Å²) in [4.78, 5) is 14.6. The first-order valence-electron chi connectivity index (χ1n) is 6.85. The van der Waals surface area contributed by atoms with Crippen molar-refractivity contribution in [3.8, 4) is 0 Å². The van der Waals surface area contributed by atoms with E-state index in [4.69, 9.17) is 4.74 Å². The van der Waals surface area contributed by atoms with Crippen LogP contribution >= 0.6 is 0 Å². The van der Waals surface area contributed by atoms with E-state index in [2.05, 4.69) is 15.6 Å². The second-order valence-corrected chi connectivity index (χ2v) is 4.90. The van der Waals surface area contributed by atoms with Crippen molar-refractivity contribution in [1.82, 2.24) is 4.98 Å². The number of hydrogen-bond acceptors (Lipinski definition) is 6. The Labute approximate surface area is 117 Å². The van der Waals surface area contributed by atoms with Crippen LogP contribution < -0.4 is 10.6 Å². The number of pyridine rings is 1. The zero-order valence-electron chi connectivity index (χ0n) is 11.6. The van der Waals surface area contributed by atoms with Crippen LogP contribution in [0.25, 0.3) is 0 Å². The summed E-state index contributed by atoms with van der Waals surface area (Å²) in [6.45, 7) is 2.25. The van der Waals surface area contributed by atoms with Crippen molar-refractivity contribution in [1.29, 1.82) is 0 Å². The van der Waals surface area contributed by atoms with Crippen LogP contribution in [0, 0.1) is 16.0 Å². The molecule has 0 aromatic carbocycles. The van der Waals surface area contributed by atoms with Crippen molar-refractivity contribution >= 4 is 17.3 Å². The standard InChI is InChI=1S/C13H20N4O3/c1-14-12-7-11(17(18)19)8-13(16-12)15-5-2-6-20-9-10-3-4-10/h7-8,10H,2-6,9H2,1H3,(H2,14,15,16). The SMILES string of the molecule is CNc1cc([N+](=O)[O-])cc(NCCCOCC2CC2)n1. The third kappa shape index (κ3) is 4.65. The summed E-state index contributed by atoms with van der Waals surface area (Å²) in [6, 6.07) is 2.84. The van der Waals surface area contributed by atoms with Gasteiger partial charge in [-0.25, -0.2) is 4.98 Å². The average molecular weight is 280 g/mol. The molecule has 7 nitrogen and oxygen atoms in total. The van der Waals surface area contributed by atoms with Gasteiger partial charge in [0.25, 0.3) is 5.69 Å². The van der Waals surface area contributed by atoms with Gasteiger partial charge in [-0.1, -0.05) is 0 Å². The van der Waals surface area contributed by atoms with Gasteiger partial charge in [0.15, 0.2) is 0 Å². The number of nitrogens with one attached hydrogen (secondary N) is 2. The molecule has 110 valence electrons. The molecule has 1 aliphatic carbocycles. The normalized spacial score (nSPS) is 14.1. The molecule has 2 rings (SSSR count). The molecule has 1 aromatic heterocycles. The second kappa shape index (κ2) is 7.04. The monoisotopic (exact) mass is 280 g/mol. The lowest BCUT2D eigenvalue weighted by Gasteiger charge is -2.08. The zero-order chi connectivity index (χ0) is 14.4. The molecule has 20 heavy (non-hydrogen) atoms. The van der Waals surface area contributed by atoms with Gasteiger partial charge in [0, 0.05) is 26.8 Å². The van der Waals surface area contributed by atoms with Crippen LogP contribution in [0.5, 0.6) is 0 Å². The lowest BCUT2D eigenvalue weighted by Crippen LogP contribution is -2.09. The molecule has 7 heteroatoms. The predicted octanol–water partition coefficient (Wildman–Crippen LogP) is 2.26. The third-order valence-corrected chi connectivity index (χ3v) is 3.10. The Morgan fingerprint density at radius 3 is 2.85 bits per heavy atom. The van der Waals surface area contributed by atoms with Crippen LogP contribution in [0.4, 0.5) is 17.3 Å². The van der Waals surface area contributed by atoms with Crippen LogP contribution in [0.3, 0.4) is 0 Å². The van der Waals surface area contributed by atoms with Crippen LogP contribution in [0.15, 0.2) is 12.1 Å². The maximum absolute atomic E-state index is 10.8. The molecule has 0 atom stereocenters. The van der Waals surface area contributed by atoms with Gasteiger partial charge in [-0.05, 0) is 25.2 Å². The van der Waals surface area contributed by atoms with Gasteiger partial charge in [-0.3, -0.25) is 10.1 Å². The molecule has 0 saturated heterocycles. The van der Waals surface area contributed by atoms with E-state index in [9.17, 15) is 10.1 Å². The van der Waals surface area contributed by atoms with Crippen molar-refractivity contribution in [2.75, 3.05) is 37.4 Å². The number of nitro groups is 1. The number of aromatic nitrogens is 1. The average Bonchev–Trinajstić information content (AvgIpc) is 3.26.